The highest BCUT2D eigenvalue weighted by atomic mass is 16.4. The molecule has 2 amide bonds. The predicted molar refractivity (Wildman–Crippen MR) is 69.9 cm³/mol. The molecule has 2 atom stereocenters. The van der Waals surface area contributed by atoms with Crippen LogP contribution in [0.25, 0.3) is 0 Å². The number of rotatable bonds is 6. The first-order chi connectivity index (χ1) is 8.93. The van der Waals surface area contributed by atoms with Crippen molar-refractivity contribution in [3.63, 3.8) is 0 Å². The van der Waals surface area contributed by atoms with Gasteiger partial charge >= 0.3 is 12.0 Å². The Kier molecular flexibility index (Phi) is 6.04. The third-order valence-corrected chi connectivity index (χ3v) is 3.38. The molecule has 19 heavy (non-hydrogen) atoms. The highest BCUT2D eigenvalue weighted by molar-refractivity contribution is 5.82. The van der Waals surface area contributed by atoms with Crippen LogP contribution in [0.5, 0.6) is 0 Å². The number of carbonyl (C=O) groups excluding carboxylic acids is 1. The highest BCUT2D eigenvalue weighted by Crippen LogP contribution is 2.17. The Hall–Kier alpha value is -1.34. The van der Waals surface area contributed by atoms with Gasteiger partial charge in [-0.25, -0.2) is 9.59 Å². The summed E-state index contributed by atoms with van der Waals surface area (Å²) in [7, 11) is 0. The molecule has 1 aliphatic rings. The SMILES string of the molecule is CC(C)N1CCC(CNC(=O)NC(CO)C(=O)O)C1. The zero-order valence-electron chi connectivity index (χ0n) is 11.4. The highest BCUT2D eigenvalue weighted by Gasteiger charge is 2.25. The summed E-state index contributed by atoms with van der Waals surface area (Å²) in [5.74, 6) is -0.852. The molecule has 2 unspecified atom stereocenters. The van der Waals surface area contributed by atoms with Crippen LogP contribution in [0.2, 0.25) is 0 Å². The number of carboxylic acid groups (broad SMARTS) is 1. The summed E-state index contributed by atoms with van der Waals surface area (Å²) in [4.78, 5) is 24.5. The van der Waals surface area contributed by atoms with Gasteiger partial charge in [-0.05, 0) is 32.7 Å². The fraction of sp³-hybridized carbons (Fsp3) is 0.833. The topological polar surface area (TPSA) is 102 Å². The molecule has 0 aliphatic carbocycles. The Balaban J connectivity index is 2.26. The summed E-state index contributed by atoms with van der Waals surface area (Å²) >= 11 is 0. The smallest absolute Gasteiger partial charge is 0.328 e. The molecule has 1 saturated heterocycles. The van der Waals surface area contributed by atoms with Gasteiger partial charge in [-0.15, -0.1) is 0 Å². The number of urea groups is 1. The van der Waals surface area contributed by atoms with E-state index in [0.717, 1.165) is 19.5 Å². The number of aliphatic hydroxyl groups is 1. The van der Waals surface area contributed by atoms with Gasteiger partial charge in [0.1, 0.15) is 0 Å². The lowest BCUT2D eigenvalue weighted by atomic mass is 10.1. The van der Waals surface area contributed by atoms with Crippen LogP contribution in [0.3, 0.4) is 0 Å². The third-order valence-electron chi connectivity index (χ3n) is 3.38. The molecule has 4 N–H and O–H groups in total. The van der Waals surface area contributed by atoms with E-state index in [4.69, 9.17) is 10.2 Å². The minimum absolute atomic E-state index is 0.394. The van der Waals surface area contributed by atoms with Crippen LogP contribution in [-0.4, -0.2) is 65.4 Å². The second-order valence-electron chi connectivity index (χ2n) is 5.17. The monoisotopic (exact) mass is 273 g/mol. The molecule has 0 aromatic rings. The normalized spacial score (nSPS) is 21.4. The largest absolute Gasteiger partial charge is 0.480 e. The quantitative estimate of drug-likeness (QED) is 0.521. The van der Waals surface area contributed by atoms with Gasteiger partial charge in [0.15, 0.2) is 6.04 Å². The lowest BCUT2D eigenvalue weighted by Crippen LogP contribution is -2.48. The number of nitrogens with one attached hydrogen (secondary N) is 2. The van der Waals surface area contributed by atoms with Crippen LogP contribution >= 0.6 is 0 Å². The van der Waals surface area contributed by atoms with Crippen LogP contribution in [0.4, 0.5) is 4.79 Å². The lowest BCUT2D eigenvalue weighted by molar-refractivity contribution is -0.140. The molecule has 0 spiro atoms. The first-order valence-electron chi connectivity index (χ1n) is 6.56. The van der Waals surface area contributed by atoms with Crippen LogP contribution in [0, 0.1) is 5.92 Å². The maximum atomic E-state index is 11.5. The zero-order valence-corrected chi connectivity index (χ0v) is 11.4. The van der Waals surface area contributed by atoms with Gasteiger partial charge in [0.2, 0.25) is 0 Å². The zero-order chi connectivity index (χ0) is 14.4. The first kappa shape index (κ1) is 15.7. The van der Waals surface area contributed by atoms with Gasteiger partial charge in [0.25, 0.3) is 0 Å². The Labute approximate surface area is 113 Å². The number of likely N-dealkylation sites (tertiary alicyclic amines) is 1. The number of carboxylic acids is 1. The van der Waals surface area contributed by atoms with Crippen LogP contribution in [0.1, 0.15) is 20.3 Å². The van der Waals surface area contributed by atoms with E-state index >= 15 is 0 Å². The first-order valence-corrected chi connectivity index (χ1v) is 6.56. The predicted octanol–water partition coefficient (Wildman–Crippen LogP) is -0.539. The molecule has 1 heterocycles. The summed E-state index contributed by atoms with van der Waals surface area (Å²) in [6.45, 7) is 6.16. The van der Waals surface area contributed by atoms with Crippen LogP contribution < -0.4 is 10.6 Å². The summed E-state index contributed by atoms with van der Waals surface area (Å²) in [5, 5.41) is 22.3. The number of amides is 2. The molecule has 1 aliphatic heterocycles. The van der Waals surface area contributed by atoms with Crippen molar-refractivity contribution in [3.8, 4) is 0 Å². The van der Waals surface area contributed by atoms with E-state index in [1.807, 2.05) is 0 Å². The van der Waals surface area contributed by atoms with E-state index in [1.54, 1.807) is 0 Å². The van der Waals surface area contributed by atoms with Crippen LogP contribution in [0.15, 0.2) is 0 Å². The molecule has 0 aromatic heterocycles. The molecular formula is C12H23N3O4. The van der Waals surface area contributed by atoms with Crippen molar-refractivity contribution >= 4 is 12.0 Å². The Morgan fingerprint density at radius 1 is 1.42 bits per heavy atom. The maximum Gasteiger partial charge on any atom is 0.328 e. The van der Waals surface area contributed by atoms with Crippen molar-refractivity contribution < 1.29 is 19.8 Å². The third kappa shape index (κ3) is 5.04. The van der Waals surface area contributed by atoms with E-state index in [9.17, 15) is 9.59 Å². The average molecular weight is 273 g/mol. The van der Waals surface area contributed by atoms with Crippen molar-refractivity contribution in [2.45, 2.75) is 32.4 Å². The molecule has 1 fully saturated rings. The standard InChI is InChI=1S/C12H23N3O4/c1-8(2)15-4-3-9(6-15)5-13-12(19)14-10(7-16)11(17)18/h8-10,16H,3-7H2,1-2H3,(H,17,18)(H2,13,14,19). The van der Waals surface area contributed by atoms with Gasteiger partial charge in [-0.1, -0.05) is 0 Å². The fourth-order valence-corrected chi connectivity index (χ4v) is 2.13. The molecule has 0 saturated carbocycles. The van der Waals surface area contributed by atoms with E-state index in [1.165, 1.54) is 0 Å². The summed E-state index contributed by atoms with van der Waals surface area (Å²) in [6, 6.07) is -1.30. The minimum Gasteiger partial charge on any atom is -0.480 e. The number of nitrogens with zero attached hydrogens (tertiary/aromatic N) is 1. The maximum absolute atomic E-state index is 11.5. The number of hydrogen-bond donors (Lipinski definition) is 4. The van der Waals surface area contributed by atoms with Crippen molar-refractivity contribution in [1.82, 2.24) is 15.5 Å². The average Bonchev–Trinajstić information content (AvgIpc) is 2.82. The fourth-order valence-electron chi connectivity index (χ4n) is 2.13. The van der Waals surface area contributed by atoms with Crippen molar-refractivity contribution in [1.29, 1.82) is 0 Å². The molecule has 7 nitrogen and oxygen atoms in total. The van der Waals surface area contributed by atoms with E-state index in [2.05, 4.69) is 29.4 Å². The molecular weight excluding hydrogens is 250 g/mol. The van der Waals surface area contributed by atoms with Gasteiger partial charge in [-0.2, -0.15) is 0 Å². The molecule has 110 valence electrons. The summed E-state index contributed by atoms with van der Waals surface area (Å²) in [6.07, 6.45) is 1.03. The Bertz CT molecular complexity index is 322. The molecule has 1 rings (SSSR count). The van der Waals surface area contributed by atoms with Gasteiger partial charge in [-0.3, -0.25) is 0 Å². The number of aliphatic carboxylic acids is 1. The van der Waals surface area contributed by atoms with E-state index in [0.29, 0.717) is 18.5 Å². The summed E-state index contributed by atoms with van der Waals surface area (Å²) < 4.78 is 0. The van der Waals surface area contributed by atoms with Crippen LogP contribution in [-0.2, 0) is 4.79 Å². The Morgan fingerprint density at radius 2 is 2.11 bits per heavy atom. The number of aliphatic hydroxyl groups excluding tert-OH is 1. The van der Waals surface area contributed by atoms with Crippen molar-refractivity contribution in [3.05, 3.63) is 0 Å². The van der Waals surface area contributed by atoms with Gasteiger partial charge in [0.05, 0.1) is 6.61 Å². The van der Waals surface area contributed by atoms with Crippen molar-refractivity contribution in [2.75, 3.05) is 26.2 Å². The number of hydrogen-bond acceptors (Lipinski definition) is 4. The summed E-state index contributed by atoms with van der Waals surface area (Å²) in [5.41, 5.74) is 0. The second-order valence-corrected chi connectivity index (χ2v) is 5.17. The Morgan fingerprint density at radius 3 is 2.58 bits per heavy atom. The van der Waals surface area contributed by atoms with Gasteiger partial charge < -0.3 is 25.7 Å². The van der Waals surface area contributed by atoms with E-state index < -0.39 is 24.6 Å². The molecule has 0 bridgehead atoms. The van der Waals surface area contributed by atoms with E-state index in [-0.39, 0.29) is 0 Å². The van der Waals surface area contributed by atoms with Gasteiger partial charge in [0, 0.05) is 19.1 Å². The molecule has 0 radical (unpaired) electrons. The second kappa shape index (κ2) is 7.30. The minimum atomic E-state index is -1.25. The molecule has 7 heteroatoms. The molecule has 0 aromatic carbocycles. The lowest BCUT2D eigenvalue weighted by Gasteiger charge is -2.20. The number of carbonyl (C=O) groups is 2. The van der Waals surface area contributed by atoms with Crippen molar-refractivity contribution in [2.24, 2.45) is 5.92 Å².